The number of Topliss-reactive ketones (excluding diaryl/α,β-unsaturated/α-hetero) is 1. The van der Waals surface area contributed by atoms with E-state index < -0.39 is 74.2 Å². The van der Waals surface area contributed by atoms with Gasteiger partial charge < -0.3 is 26.2 Å². The van der Waals surface area contributed by atoms with E-state index in [4.69, 9.17) is 0 Å². The maximum Gasteiger partial charge on any atom is 0.315 e. The Morgan fingerprint density at radius 1 is 1.08 bits per heavy atom. The van der Waals surface area contributed by atoms with Crippen LogP contribution in [-0.4, -0.2) is 92.6 Å². The summed E-state index contributed by atoms with van der Waals surface area (Å²) in [6.45, 7) is 22.4. The average Bonchev–Trinajstić information content (AvgIpc) is 3.48. The van der Waals surface area contributed by atoms with Gasteiger partial charge in [0, 0.05) is 37.1 Å². The summed E-state index contributed by atoms with van der Waals surface area (Å²) in [7, 11) is -2.69. The van der Waals surface area contributed by atoms with Crippen molar-refractivity contribution in [3.8, 4) is 0 Å². The van der Waals surface area contributed by atoms with E-state index in [-0.39, 0.29) is 30.2 Å². The molecule has 5 amide bonds. The molecule has 1 saturated heterocycles. The van der Waals surface area contributed by atoms with Crippen molar-refractivity contribution in [3.05, 3.63) is 29.0 Å². The number of hydrogen-bond donors (Lipinski definition) is 4. The first-order valence-electron chi connectivity index (χ1n) is 17.9. The number of likely N-dealkylation sites (tertiary alicyclic amines) is 1. The summed E-state index contributed by atoms with van der Waals surface area (Å²) in [6.07, 6.45) is 3.14. The zero-order chi connectivity index (χ0) is 38.3. The van der Waals surface area contributed by atoms with Gasteiger partial charge >= 0.3 is 6.03 Å². The quantitative estimate of drug-likeness (QED) is 0.129. The number of carbonyl (C=O) groups excluding carboxylic acids is 5. The van der Waals surface area contributed by atoms with Crippen molar-refractivity contribution in [1.82, 2.24) is 30.5 Å². The molecule has 284 valence electrons. The Morgan fingerprint density at radius 3 is 2.31 bits per heavy atom. The molecular formula is C37H58N6O6S2. The van der Waals surface area contributed by atoms with Gasteiger partial charge in [-0.1, -0.05) is 81.2 Å². The van der Waals surface area contributed by atoms with Crippen molar-refractivity contribution < 1.29 is 28.2 Å². The van der Waals surface area contributed by atoms with E-state index in [2.05, 4.69) is 47.6 Å². The molecule has 1 aromatic rings. The van der Waals surface area contributed by atoms with Crippen LogP contribution >= 0.6 is 11.3 Å². The smallest absolute Gasteiger partial charge is 0.315 e. The molecule has 12 nitrogen and oxygen atoms in total. The number of thiophene rings is 1. The summed E-state index contributed by atoms with van der Waals surface area (Å²) < 4.78 is 15.5. The summed E-state index contributed by atoms with van der Waals surface area (Å²) in [5, 5.41) is 13.2. The number of rotatable bonds is 14. The maximum absolute atomic E-state index is 14.5. The molecule has 1 aliphatic carbocycles. The lowest BCUT2D eigenvalue weighted by molar-refractivity contribution is -0.145. The summed E-state index contributed by atoms with van der Waals surface area (Å²) >= 11 is 1.54. The monoisotopic (exact) mass is 746 g/mol. The fraction of sp³-hybridized carbons (Fsp3) is 0.676. The van der Waals surface area contributed by atoms with Gasteiger partial charge in [-0.2, -0.15) is 0 Å². The second-order valence-corrected chi connectivity index (χ2v) is 20.2. The summed E-state index contributed by atoms with van der Waals surface area (Å²) in [5.74, 6) is 1.56. The van der Waals surface area contributed by atoms with E-state index >= 15 is 0 Å². The van der Waals surface area contributed by atoms with Crippen LogP contribution in [0.25, 0.3) is 0 Å². The number of urea groups is 1. The largest absolute Gasteiger partial charge is 0.346 e. The Hall–Kier alpha value is -3.23. The summed E-state index contributed by atoms with van der Waals surface area (Å²) in [6, 6.07) is -2.04. The Balaban J connectivity index is 1.53. The minimum absolute atomic E-state index is 0.0683. The van der Waals surface area contributed by atoms with Crippen LogP contribution in [0.15, 0.2) is 29.0 Å². The van der Waals surface area contributed by atoms with E-state index in [1.807, 2.05) is 64.2 Å². The summed E-state index contributed by atoms with van der Waals surface area (Å²) in [5.41, 5.74) is -1.36. The predicted octanol–water partition coefficient (Wildman–Crippen LogP) is 3.71. The number of piperidine rings is 1. The van der Waals surface area contributed by atoms with Crippen LogP contribution in [0.1, 0.15) is 86.5 Å². The molecule has 3 heterocycles. The normalized spacial score (nSPS) is 25.5. The van der Waals surface area contributed by atoms with Gasteiger partial charge in [-0.3, -0.25) is 19.2 Å². The van der Waals surface area contributed by atoms with Gasteiger partial charge in [-0.05, 0) is 51.8 Å². The topological polar surface area (TPSA) is 157 Å². The Bertz CT molecular complexity index is 1640. The first-order valence-corrected chi connectivity index (χ1v) is 20.4. The lowest BCUT2D eigenvalue weighted by Crippen LogP contribution is -2.62. The van der Waals surface area contributed by atoms with Gasteiger partial charge in [0.2, 0.25) is 17.6 Å². The molecule has 2 fully saturated rings. The van der Waals surface area contributed by atoms with Crippen LogP contribution in [0.2, 0.25) is 0 Å². The van der Waals surface area contributed by atoms with Crippen molar-refractivity contribution in [3.63, 3.8) is 0 Å². The lowest BCUT2D eigenvalue weighted by Gasteiger charge is -2.39. The number of nitrogens with zero attached hydrogens (tertiary/aromatic N) is 2. The number of nitrogens with one attached hydrogen (secondary N) is 4. The van der Waals surface area contributed by atoms with E-state index in [0.29, 0.717) is 26.1 Å². The molecule has 0 spiro atoms. The first-order chi connectivity index (χ1) is 23.6. The second-order valence-electron chi connectivity index (χ2n) is 17.0. The Morgan fingerprint density at radius 2 is 1.75 bits per heavy atom. The van der Waals surface area contributed by atoms with Crippen LogP contribution in [0.4, 0.5) is 4.79 Å². The number of unbranched alkanes of at least 4 members (excludes halogenated alkanes) is 1. The highest BCUT2D eigenvalue weighted by molar-refractivity contribution is 7.98. The molecule has 4 N–H and O–H groups in total. The SMILES string of the molecule is C=CCNC(=O)C(=O)C(CCCC)NC(=O)[C@@H]1[C@@H]2[C@H](CN1C(=O)[C@@H](NC(=O)N[C@H](CN1Cc3sccc3S1(=C)=O)C(C)(C)C)C(C)(C)C)C2(C)C. The fourth-order valence-electron chi connectivity index (χ4n) is 7.36. The molecular weight excluding hydrogens is 689 g/mol. The minimum Gasteiger partial charge on any atom is -0.346 e. The molecule has 1 aromatic heterocycles. The number of amides is 5. The second kappa shape index (κ2) is 15.0. The number of fused-ring (bicyclic) bond motifs is 2. The highest BCUT2D eigenvalue weighted by Gasteiger charge is 2.70. The Labute approximate surface area is 308 Å². The Kier molecular flexibility index (Phi) is 11.9. The van der Waals surface area contributed by atoms with E-state index in [9.17, 15) is 28.2 Å². The zero-order valence-corrected chi connectivity index (χ0v) is 33.4. The standard InChI is InChI=1S/C37H58N6O6S2/c1-12-14-15-23(29(44)32(46)38-17-13-2)39-31(45)28-27-22(37(27,9)10)19-43(28)33(47)30(36(6,7)8)41-34(48)40-26(35(3,4)5)21-42-20-24-25(16-18-50-24)51(42,11)49/h13,16,18,22-23,26-28,30H,2,11-12,14-15,17,19-21H2,1,3-10H3,(H,38,46)(H,39,45)(H2,40,41,48)/t22-,23?,26+,27-,28-,30+,51?/m0/s1. The van der Waals surface area contributed by atoms with E-state index in [1.165, 1.54) is 6.08 Å². The van der Waals surface area contributed by atoms with E-state index in [1.54, 1.807) is 16.2 Å². The van der Waals surface area contributed by atoms with Gasteiger partial charge in [-0.15, -0.1) is 17.9 Å². The fourth-order valence-corrected chi connectivity index (χ4v) is 10.6. The average molecular weight is 747 g/mol. The number of hydrogen-bond acceptors (Lipinski definition) is 7. The highest BCUT2D eigenvalue weighted by Crippen LogP contribution is 2.65. The maximum atomic E-state index is 14.5. The molecule has 0 radical (unpaired) electrons. The predicted molar refractivity (Wildman–Crippen MR) is 202 cm³/mol. The molecule has 14 heteroatoms. The third kappa shape index (κ3) is 8.54. The van der Waals surface area contributed by atoms with E-state index in [0.717, 1.165) is 16.2 Å². The van der Waals surface area contributed by atoms with Gasteiger partial charge in [-0.25, -0.2) is 13.3 Å². The van der Waals surface area contributed by atoms with Crippen LogP contribution in [0.5, 0.6) is 0 Å². The van der Waals surface area contributed by atoms with Crippen LogP contribution < -0.4 is 21.3 Å². The van der Waals surface area contributed by atoms with Crippen molar-refractivity contribution in [2.75, 3.05) is 19.6 Å². The lowest BCUT2D eigenvalue weighted by atomic mass is 9.85. The van der Waals surface area contributed by atoms with Gasteiger partial charge in [0.25, 0.3) is 5.91 Å². The molecule has 3 aliphatic rings. The third-order valence-electron chi connectivity index (χ3n) is 10.8. The molecule has 0 bridgehead atoms. The van der Waals surface area contributed by atoms with Gasteiger partial charge in [0.1, 0.15) is 12.1 Å². The molecule has 0 aromatic carbocycles. The van der Waals surface area contributed by atoms with Gasteiger partial charge in [0.15, 0.2) is 0 Å². The van der Waals surface area contributed by atoms with Crippen LogP contribution in [0.3, 0.4) is 0 Å². The van der Waals surface area contributed by atoms with Crippen LogP contribution in [0, 0.1) is 28.1 Å². The molecule has 7 atom stereocenters. The zero-order valence-electron chi connectivity index (χ0n) is 31.7. The third-order valence-corrected chi connectivity index (χ3v) is 14.0. The van der Waals surface area contributed by atoms with Crippen molar-refractivity contribution in [1.29, 1.82) is 0 Å². The first kappa shape index (κ1) is 40.5. The molecule has 51 heavy (non-hydrogen) atoms. The molecule has 2 aliphatic heterocycles. The molecule has 4 rings (SSSR count). The van der Waals surface area contributed by atoms with Gasteiger partial charge in [0.05, 0.1) is 20.6 Å². The minimum atomic E-state index is -2.69. The highest BCUT2D eigenvalue weighted by atomic mass is 32.2. The van der Waals surface area contributed by atoms with Crippen LogP contribution in [-0.2, 0) is 35.4 Å². The summed E-state index contributed by atoms with van der Waals surface area (Å²) in [4.78, 5) is 71.4. The molecule has 1 saturated carbocycles. The van der Waals surface area contributed by atoms with Crippen molar-refractivity contribution in [2.45, 2.75) is 117 Å². The number of carbonyl (C=O) groups is 5. The molecule has 2 unspecified atom stereocenters. The number of ketones is 1. The van der Waals surface area contributed by atoms with Crippen molar-refractivity contribution >= 4 is 56.5 Å². The van der Waals surface area contributed by atoms with Crippen molar-refractivity contribution in [2.24, 2.45) is 28.1 Å².